The van der Waals surface area contributed by atoms with Crippen molar-refractivity contribution in [2.75, 3.05) is 18.0 Å². The molecule has 0 unspecified atom stereocenters. The van der Waals surface area contributed by atoms with Gasteiger partial charge in [0.1, 0.15) is 0 Å². The van der Waals surface area contributed by atoms with E-state index in [1.165, 1.54) is 27.9 Å². The number of fused-ring (bicyclic) bond motifs is 2. The van der Waals surface area contributed by atoms with Crippen molar-refractivity contribution in [1.82, 2.24) is 4.90 Å². The summed E-state index contributed by atoms with van der Waals surface area (Å²) >= 11 is 0. The zero-order valence-corrected chi connectivity index (χ0v) is 16.6. The van der Waals surface area contributed by atoms with Gasteiger partial charge >= 0.3 is 0 Å². The predicted molar refractivity (Wildman–Crippen MR) is 118 cm³/mol. The van der Waals surface area contributed by atoms with E-state index in [0.717, 1.165) is 19.5 Å². The first kappa shape index (κ1) is 17.7. The average Bonchev–Trinajstić information content (AvgIpc) is 3.20. The molecule has 0 aromatic heterocycles. The average molecular weight is 380 g/mol. The van der Waals surface area contributed by atoms with Crippen LogP contribution in [0.1, 0.15) is 45.6 Å². The van der Waals surface area contributed by atoms with Gasteiger partial charge in [0.15, 0.2) is 0 Å². The number of likely N-dealkylation sites (N-methyl/N-ethyl adjacent to an activating group) is 1. The third-order valence-corrected chi connectivity index (χ3v) is 6.03. The van der Waals surface area contributed by atoms with Gasteiger partial charge in [-0.25, -0.2) is 0 Å². The number of amides is 1. The van der Waals surface area contributed by atoms with Crippen LogP contribution in [-0.2, 0) is 6.42 Å². The molecule has 0 bridgehead atoms. The molecule has 0 saturated carbocycles. The molecule has 2 aliphatic heterocycles. The van der Waals surface area contributed by atoms with Gasteiger partial charge in [-0.15, -0.1) is 0 Å². The number of hydrogen-bond acceptors (Lipinski definition) is 2. The Morgan fingerprint density at radius 1 is 1.00 bits per heavy atom. The lowest BCUT2D eigenvalue weighted by Crippen LogP contribution is -2.33. The number of nitrogens with zero attached hydrogens (tertiary/aromatic N) is 2. The molecule has 0 aliphatic carbocycles. The molecule has 1 atom stereocenters. The van der Waals surface area contributed by atoms with Crippen molar-refractivity contribution >= 4 is 17.7 Å². The van der Waals surface area contributed by atoms with Crippen LogP contribution >= 0.6 is 0 Å². The van der Waals surface area contributed by atoms with Crippen molar-refractivity contribution in [3.05, 3.63) is 107 Å². The molecule has 2 heterocycles. The fraction of sp³-hybridized carbons (Fsp3) is 0.192. The minimum absolute atomic E-state index is 0.0250. The largest absolute Gasteiger partial charge is 0.371 e. The van der Waals surface area contributed by atoms with Crippen molar-refractivity contribution in [2.45, 2.75) is 19.4 Å². The Balaban J connectivity index is 1.61. The Morgan fingerprint density at radius 3 is 2.62 bits per heavy atom. The molecule has 5 rings (SSSR count). The van der Waals surface area contributed by atoms with Crippen molar-refractivity contribution in [3.8, 4) is 0 Å². The lowest BCUT2D eigenvalue weighted by Gasteiger charge is -2.34. The van der Waals surface area contributed by atoms with Crippen LogP contribution in [0.15, 0.2) is 79.0 Å². The Kier molecular flexibility index (Phi) is 4.44. The number of anilines is 1. The van der Waals surface area contributed by atoms with Crippen molar-refractivity contribution in [3.63, 3.8) is 0 Å². The van der Waals surface area contributed by atoms with Crippen molar-refractivity contribution < 1.29 is 4.79 Å². The summed E-state index contributed by atoms with van der Waals surface area (Å²) in [7, 11) is 0. The molecule has 144 valence electrons. The Bertz CT molecular complexity index is 1090. The quantitative estimate of drug-likeness (QED) is 0.617. The highest BCUT2D eigenvalue weighted by atomic mass is 16.2. The highest BCUT2D eigenvalue weighted by Gasteiger charge is 2.31. The summed E-state index contributed by atoms with van der Waals surface area (Å²) in [6.07, 6.45) is 5.04. The lowest BCUT2D eigenvalue weighted by atomic mass is 9.89. The molecular formula is C26H24N2O. The molecule has 0 fully saturated rings. The van der Waals surface area contributed by atoms with Crippen LogP contribution in [0.5, 0.6) is 0 Å². The van der Waals surface area contributed by atoms with Crippen molar-refractivity contribution in [1.29, 1.82) is 0 Å². The molecule has 0 saturated heterocycles. The van der Waals surface area contributed by atoms with E-state index in [9.17, 15) is 4.79 Å². The first-order valence-electron chi connectivity index (χ1n) is 10.3. The molecule has 2 aliphatic rings. The molecule has 1 amide bonds. The summed E-state index contributed by atoms with van der Waals surface area (Å²) < 4.78 is 0. The SMILES string of the molecule is CCN1CCc2cc([C@H]3c4ccccc4C=CN3C(=O)c3ccccc3)ccc21. The standard InChI is InChI=1S/C26H24N2O/c1-2-27-16-14-21-18-22(12-13-24(21)27)25-23-11-7-6-8-19(23)15-17-28(25)26(29)20-9-4-3-5-10-20/h3-13,15,17-18,25H,2,14,16H2,1H3/t25-/m0/s1. The van der Waals surface area contributed by atoms with Crippen molar-refractivity contribution in [2.24, 2.45) is 0 Å². The minimum atomic E-state index is -0.120. The van der Waals surface area contributed by atoms with Gasteiger partial charge in [0, 0.05) is 30.5 Å². The van der Waals surface area contributed by atoms with Gasteiger partial charge in [-0.3, -0.25) is 4.79 Å². The Morgan fingerprint density at radius 2 is 1.79 bits per heavy atom. The van der Waals surface area contributed by atoms with Crippen LogP contribution < -0.4 is 4.90 Å². The summed E-state index contributed by atoms with van der Waals surface area (Å²) in [6, 6.07) is 24.5. The number of rotatable bonds is 3. The summed E-state index contributed by atoms with van der Waals surface area (Å²) in [6.45, 7) is 4.30. The monoisotopic (exact) mass is 380 g/mol. The molecule has 3 nitrogen and oxygen atoms in total. The second-order valence-corrected chi connectivity index (χ2v) is 7.64. The highest BCUT2D eigenvalue weighted by molar-refractivity contribution is 5.96. The van der Waals surface area contributed by atoms with Gasteiger partial charge in [0.05, 0.1) is 6.04 Å². The number of benzene rings is 3. The molecule has 0 N–H and O–H groups in total. The van der Waals surface area contributed by atoms with Crippen LogP contribution in [-0.4, -0.2) is 23.9 Å². The highest BCUT2D eigenvalue weighted by Crippen LogP contribution is 2.39. The van der Waals surface area contributed by atoms with E-state index in [0.29, 0.717) is 5.56 Å². The molecule has 0 radical (unpaired) electrons. The Labute approximate surface area is 171 Å². The predicted octanol–water partition coefficient (Wildman–Crippen LogP) is 5.29. The van der Waals surface area contributed by atoms with Crippen LogP contribution in [0.2, 0.25) is 0 Å². The summed E-state index contributed by atoms with van der Waals surface area (Å²) in [5.41, 5.74) is 6.93. The van der Waals surface area contributed by atoms with E-state index >= 15 is 0 Å². The normalized spacial score (nSPS) is 17.2. The van der Waals surface area contributed by atoms with E-state index in [-0.39, 0.29) is 11.9 Å². The maximum Gasteiger partial charge on any atom is 0.258 e. The number of carbonyl (C=O) groups is 1. The first-order chi connectivity index (χ1) is 14.3. The van der Waals surface area contributed by atoms with Gasteiger partial charge < -0.3 is 9.80 Å². The molecule has 29 heavy (non-hydrogen) atoms. The maximum absolute atomic E-state index is 13.4. The van der Waals surface area contributed by atoms with Crippen LogP contribution in [0, 0.1) is 0 Å². The maximum atomic E-state index is 13.4. The van der Waals surface area contributed by atoms with Crippen LogP contribution in [0.25, 0.3) is 6.08 Å². The molecule has 3 heteroatoms. The van der Waals surface area contributed by atoms with E-state index < -0.39 is 0 Å². The Hall–Kier alpha value is -3.33. The van der Waals surface area contributed by atoms with Gasteiger partial charge in [-0.2, -0.15) is 0 Å². The van der Waals surface area contributed by atoms with Gasteiger partial charge in [0.2, 0.25) is 0 Å². The second-order valence-electron chi connectivity index (χ2n) is 7.64. The smallest absolute Gasteiger partial charge is 0.258 e. The first-order valence-corrected chi connectivity index (χ1v) is 10.3. The topological polar surface area (TPSA) is 23.6 Å². The van der Waals surface area contributed by atoms with E-state index in [4.69, 9.17) is 0 Å². The fourth-order valence-electron chi connectivity index (χ4n) is 4.55. The van der Waals surface area contributed by atoms with Gasteiger partial charge in [-0.05, 0) is 59.9 Å². The molecule has 3 aromatic rings. The van der Waals surface area contributed by atoms with E-state index in [1.807, 2.05) is 47.5 Å². The zero-order chi connectivity index (χ0) is 19.8. The van der Waals surface area contributed by atoms with Crippen LogP contribution in [0.3, 0.4) is 0 Å². The summed E-state index contributed by atoms with van der Waals surface area (Å²) in [5.74, 6) is 0.0250. The third kappa shape index (κ3) is 3.03. The summed E-state index contributed by atoms with van der Waals surface area (Å²) in [5, 5.41) is 0. The van der Waals surface area contributed by atoms with Crippen LogP contribution in [0.4, 0.5) is 5.69 Å². The van der Waals surface area contributed by atoms with Gasteiger partial charge in [-0.1, -0.05) is 54.6 Å². The minimum Gasteiger partial charge on any atom is -0.371 e. The molecular weight excluding hydrogens is 356 g/mol. The van der Waals surface area contributed by atoms with Gasteiger partial charge in [0.25, 0.3) is 5.91 Å². The number of hydrogen-bond donors (Lipinski definition) is 0. The summed E-state index contributed by atoms with van der Waals surface area (Å²) in [4.78, 5) is 17.7. The zero-order valence-electron chi connectivity index (χ0n) is 16.6. The van der Waals surface area contributed by atoms with E-state index in [1.54, 1.807) is 0 Å². The lowest BCUT2D eigenvalue weighted by molar-refractivity contribution is 0.0787. The van der Waals surface area contributed by atoms with E-state index in [2.05, 4.69) is 54.3 Å². The number of carbonyl (C=O) groups excluding carboxylic acids is 1. The molecule has 3 aromatic carbocycles. The fourth-order valence-corrected chi connectivity index (χ4v) is 4.55. The molecule has 0 spiro atoms. The third-order valence-electron chi connectivity index (χ3n) is 6.03. The second kappa shape index (κ2) is 7.25.